The fourth-order valence-electron chi connectivity index (χ4n) is 1.82. The fourth-order valence-corrected chi connectivity index (χ4v) is 1.82. The molecule has 0 saturated heterocycles. The van der Waals surface area contributed by atoms with Gasteiger partial charge < -0.3 is 20.5 Å². The average molecular weight is 250 g/mol. The van der Waals surface area contributed by atoms with Gasteiger partial charge in [-0.3, -0.25) is 4.79 Å². The summed E-state index contributed by atoms with van der Waals surface area (Å²) < 4.78 is 10.8. The van der Waals surface area contributed by atoms with E-state index in [1.54, 1.807) is 12.1 Å². The van der Waals surface area contributed by atoms with Crippen molar-refractivity contribution in [2.24, 2.45) is 5.73 Å². The van der Waals surface area contributed by atoms with Crippen LogP contribution in [0.5, 0.6) is 11.5 Å². The maximum Gasteiger partial charge on any atom is 0.258 e. The van der Waals surface area contributed by atoms with Crippen LogP contribution in [0, 0.1) is 0 Å². The van der Waals surface area contributed by atoms with Gasteiger partial charge in [-0.1, -0.05) is 0 Å². The molecule has 3 N–H and O–H groups in total. The summed E-state index contributed by atoms with van der Waals surface area (Å²) in [6, 6.07) is 5.49. The van der Waals surface area contributed by atoms with Crippen molar-refractivity contribution in [1.29, 1.82) is 0 Å². The van der Waals surface area contributed by atoms with Crippen LogP contribution in [0.15, 0.2) is 18.2 Å². The number of carbonyl (C=O) groups excluding carboxylic acids is 1. The summed E-state index contributed by atoms with van der Waals surface area (Å²) in [5.41, 5.74) is 6.82. The minimum atomic E-state index is -0.136. The van der Waals surface area contributed by atoms with Crippen LogP contribution in [0.2, 0.25) is 0 Å². The Kier molecular flexibility index (Phi) is 3.72. The average Bonchev–Trinajstić information content (AvgIpc) is 2.67. The first-order valence-electron chi connectivity index (χ1n) is 6.00. The van der Waals surface area contributed by atoms with Crippen LogP contribution >= 0.6 is 0 Å². The third-order valence-corrected chi connectivity index (χ3v) is 2.62. The Balaban J connectivity index is 1.93. The molecule has 0 aromatic heterocycles. The summed E-state index contributed by atoms with van der Waals surface area (Å²) in [7, 11) is 0. The Morgan fingerprint density at radius 1 is 1.61 bits per heavy atom. The van der Waals surface area contributed by atoms with Gasteiger partial charge in [-0.25, -0.2) is 0 Å². The van der Waals surface area contributed by atoms with Crippen molar-refractivity contribution in [3.8, 4) is 11.5 Å². The van der Waals surface area contributed by atoms with Gasteiger partial charge in [0.05, 0.1) is 6.04 Å². The molecule has 0 bridgehead atoms. The SMILES string of the molecule is CC(C)NC(=O)COc1ccc2c(c1)OCC2N. The molecule has 1 aromatic rings. The molecule has 18 heavy (non-hydrogen) atoms. The van der Waals surface area contributed by atoms with E-state index in [0.29, 0.717) is 12.4 Å². The van der Waals surface area contributed by atoms with E-state index in [1.165, 1.54) is 0 Å². The minimum Gasteiger partial charge on any atom is -0.491 e. The maximum absolute atomic E-state index is 11.4. The Bertz CT molecular complexity index is 446. The zero-order chi connectivity index (χ0) is 13.1. The molecule has 1 aliphatic rings. The van der Waals surface area contributed by atoms with Gasteiger partial charge in [0.15, 0.2) is 6.61 Å². The molecule has 5 heteroatoms. The highest BCUT2D eigenvalue weighted by Crippen LogP contribution is 2.33. The summed E-state index contributed by atoms with van der Waals surface area (Å²) in [4.78, 5) is 11.4. The molecule has 1 atom stereocenters. The van der Waals surface area contributed by atoms with E-state index in [4.69, 9.17) is 15.2 Å². The number of fused-ring (bicyclic) bond motifs is 1. The lowest BCUT2D eigenvalue weighted by molar-refractivity contribution is -0.123. The number of amides is 1. The molecule has 0 saturated carbocycles. The second-order valence-corrected chi connectivity index (χ2v) is 4.63. The standard InChI is InChI=1S/C13H18N2O3/c1-8(2)15-13(16)7-17-9-3-4-10-11(14)6-18-12(10)5-9/h3-5,8,11H,6-7,14H2,1-2H3,(H,15,16). The van der Waals surface area contributed by atoms with Gasteiger partial charge in [0, 0.05) is 17.7 Å². The molecule has 0 radical (unpaired) electrons. The fraction of sp³-hybridized carbons (Fsp3) is 0.462. The minimum absolute atomic E-state index is 0.00300. The number of hydrogen-bond donors (Lipinski definition) is 2. The van der Waals surface area contributed by atoms with Gasteiger partial charge in [0.1, 0.15) is 18.1 Å². The van der Waals surface area contributed by atoms with Crippen LogP contribution in [0.4, 0.5) is 0 Å². The van der Waals surface area contributed by atoms with E-state index in [-0.39, 0.29) is 24.6 Å². The van der Waals surface area contributed by atoms with E-state index in [2.05, 4.69) is 5.32 Å². The third kappa shape index (κ3) is 2.92. The normalized spacial score (nSPS) is 17.2. The van der Waals surface area contributed by atoms with E-state index in [0.717, 1.165) is 11.3 Å². The number of carbonyl (C=O) groups is 1. The lowest BCUT2D eigenvalue weighted by atomic mass is 10.1. The summed E-state index contributed by atoms with van der Waals surface area (Å²) >= 11 is 0. The molecule has 1 heterocycles. The second-order valence-electron chi connectivity index (χ2n) is 4.63. The van der Waals surface area contributed by atoms with Crippen LogP contribution in [0.25, 0.3) is 0 Å². The van der Waals surface area contributed by atoms with E-state index >= 15 is 0 Å². The quantitative estimate of drug-likeness (QED) is 0.835. The van der Waals surface area contributed by atoms with Gasteiger partial charge in [-0.05, 0) is 26.0 Å². The molecule has 0 spiro atoms. The van der Waals surface area contributed by atoms with Crippen molar-refractivity contribution in [2.75, 3.05) is 13.2 Å². The molecule has 5 nitrogen and oxygen atoms in total. The smallest absolute Gasteiger partial charge is 0.258 e. The molecule has 1 aromatic carbocycles. The highest BCUT2D eigenvalue weighted by Gasteiger charge is 2.20. The van der Waals surface area contributed by atoms with Gasteiger partial charge in [-0.15, -0.1) is 0 Å². The van der Waals surface area contributed by atoms with Crippen molar-refractivity contribution >= 4 is 5.91 Å². The largest absolute Gasteiger partial charge is 0.491 e. The van der Waals surface area contributed by atoms with E-state index in [9.17, 15) is 4.79 Å². The van der Waals surface area contributed by atoms with Crippen LogP contribution < -0.4 is 20.5 Å². The molecule has 0 fully saturated rings. The van der Waals surface area contributed by atoms with Crippen molar-refractivity contribution in [2.45, 2.75) is 25.9 Å². The molecule has 1 aliphatic heterocycles. The predicted octanol–water partition coefficient (Wildman–Crippen LogP) is 0.982. The van der Waals surface area contributed by atoms with Crippen molar-refractivity contribution in [3.05, 3.63) is 23.8 Å². The summed E-state index contributed by atoms with van der Waals surface area (Å²) in [5, 5.41) is 2.76. The Hall–Kier alpha value is -1.75. The lowest BCUT2D eigenvalue weighted by Gasteiger charge is -2.10. The van der Waals surface area contributed by atoms with Gasteiger partial charge >= 0.3 is 0 Å². The van der Waals surface area contributed by atoms with Crippen molar-refractivity contribution in [1.82, 2.24) is 5.32 Å². The molecular weight excluding hydrogens is 232 g/mol. The van der Waals surface area contributed by atoms with Crippen LogP contribution in [-0.4, -0.2) is 25.2 Å². The van der Waals surface area contributed by atoms with E-state index < -0.39 is 0 Å². The highest BCUT2D eigenvalue weighted by molar-refractivity contribution is 5.77. The van der Waals surface area contributed by atoms with Gasteiger partial charge in [-0.2, -0.15) is 0 Å². The first kappa shape index (κ1) is 12.7. The van der Waals surface area contributed by atoms with Gasteiger partial charge in [0.2, 0.25) is 0 Å². The molecule has 1 unspecified atom stereocenters. The summed E-state index contributed by atoms with van der Waals surface area (Å²) in [6.07, 6.45) is 0. The molecule has 0 aliphatic carbocycles. The van der Waals surface area contributed by atoms with Gasteiger partial charge in [0.25, 0.3) is 5.91 Å². The Morgan fingerprint density at radius 3 is 3.11 bits per heavy atom. The topological polar surface area (TPSA) is 73.6 Å². The number of rotatable bonds is 4. The highest BCUT2D eigenvalue weighted by atomic mass is 16.5. The monoisotopic (exact) mass is 250 g/mol. The van der Waals surface area contributed by atoms with Crippen molar-refractivity contribution < 1.29 is 14.3 Å². The molecule has 1 amide bonds. The number of hydrogen-bond acceptors (Lipinski definition) is 4. The molecule has 98 valence electrons. The van der Waals surface area contributed by atoms with Crippen LogP contribution in [0.3, 0.4) is 0 Å². The van der Waals surface area contributed by atoms with Crippen LogP contribution in [-0.2, 0) is 4.79 Å². The number of nitrogens with one attached hydrogen (secondary N) is 1. The zero-order valence-electron chi connectivity index (χ0n) is 10.6. The maximum atomic E-state index is 11.4. The zero-order valence-corrected chi connectivity index (χ0v) is 10.6. The summed E-state index contributed by atoms with van der Waals surface area (Å²) in [6.45, 7) is 4.31. The first-order chi connectivity index (χ1) is 8.56. The van der Waals surface area contributed by atoms with Crippen molar-refractivity contribution in [3.63, 3.8) is 0 Å². The number of ether oxygens (including phenoxy) is 2. The first-order valence-corrected chi connectivity index (χ1v) is 6.00. The van der Waals surface area contributed by atoms with Crippen LogP contribution in [0.1, 0.15) is 25.5 Å². The Labute approximate surface area is 106 Å². The third-order valence-electron chi connectivity index (χ3n) is 2.62. The predicted molar refractivity (Wildman–Crippen MR) is 67.6 cm³/mol. The molecular formula is C13H18N2O3. The number of benzene rings is 1. The second kappa shape index (κ2) is 5.27. The summed E-state index contributed by atoms with van der Waals surface area (Å²) in [5.74, 6) is 1.22. The van der Waals surface area contributed by atoms with E-state index in [1.807, 2.05) is 19.9 Å². The lowest BCUT2D eigenvalue weighted by Crippen LogP contribution is -2.34. The Morgan fingerprint density at radius 2 is 2.39 bits per heavy atom. The molecule has 2 rings (SSSR count). The number of nitrogens with two attached hydrogens (primary N) is 1.